The summed E-state index contributed by atoms with van der Waals surface area (Å²) in [6.45, 7) is 2.05. The normalized spacial score (nSPS) is 12.3. The molecule has 4 rings (SSSR count). The summed E-state index contributed by atoms with van der Waals surface area (Å²) >= 11 is 1.71. The van der Waals surface area contributed by atoms with E-state index in [-0.39, 0.29) is 0 Å². The molecule has 0 aliphatic heterocycles. The number of fused-ring (bicyclic) bond motifs is 3. The van der Waals surface area contributed by atoms with Crippen molar-refractivity contribution < 1.29 is 0 Å². The predicted octanol–water partition coefficient (Wildman–Crippen LogP) is 4.69. The highest BCUT2D eigenvalue weighted by atomic mass is 32.1. The van der Waals surface area contributed by atoms with Crippen LogP contribution in [0.4, 0.5) is 0 Å². The average Bonchev–Trinajstić information content (AvgIpc) is 3.01. The highest BCUT2D eigenvalue weighted by Gasteiger charge is 2.18. The summed E-state index contributed by atoms with van der Waals surface area (Å²) in [7, 11) is 0. The van der Waals surface area contributed by atoms with Crippen molar-refractivity contribution in [2.45, 2.75) is 13.3 Å². The molecule has 0 radical (unpaired) electrons. The molecule has 2 aromatic carbocycles. The van der Waals surface area contributed by atoms with Crippen LogP contribution in [0.5, 0.6) is 0 Å². The maximum Gasteiger partial charge on any atom is 0.0901 e. The van der Waals surface area contributed by atoms with E-state index in [1.54, 1.807) is 11.3 Å². The van der Waals surface area contributed by atoms with Crippen molar-refractivity contribution in [2.75, 3.05) is 0 Å². The number of rotatable bonds is 1. The zero-order valence-electron chi connectivity index (χ0n) is 10.7. The number of thiazole rings is 1. The summed E-state index contributed by atoms with van der Waals surface area (Å²) in [5.41, 5.74) is 7.95. The van der Waals surface area contributed by atoms with Gasteiger partial charge in [0.2, 0.25) is 0 Å². The van der Waals surface area contributed by atoms with Gasteiger partial charge in [-0.2, -0.15) is 0 Å². The van der Waals surface area contributed by atoms with Crippen LogP contribution < -0.4 is 0 Å². The first-order valence-corrected chi connectivity index (χ1v) is 7.33. The summed E-state index contributed by atoms with van der Waals surface area (Å²) in [5, 5.41) is 3.26. The van der Waals surface area contributed by atoms with Crippen molar-refractivity contribution in [3.8, 4) is 22.4 Å². The second-order valence-corrected chi connectivity index (χ2v) is 6.02. The van der Waals surface area contributed by atoms with Crippen molar-refractivity contribution >= 4 is 11.3 Å². The van der Waals surface area contributed by atoms with Gasteiger partial charge >= 0.3 is 0 Å². The Kier molecular flexibility index (Phi) is 2.32. The Balaban J connectivity index is 1.83. The number of hydrogen-bond donors (Lipinski definition) is 0. The fourth-order valence-corrected chi connectivity index (χ4v) is 3.42. The van der Waals surface area contributed by atoms with Crippen molar-refractivity contribution in [2.24, 2.45) is 0 Å². The second kappa shape index (κ2) is 4.04. The van der Waals surface area contributed by atoms with Gasteiger partial charge < -0.3 is 0 Å². The van der Waals surface area contributed by atoms with E-state index in [2.05, 4.69) is 59.8 Å². The molecule has 0 saturated heterocycles. The molecule has 1 aliphatic carbocycles. The van der Waals surface area contributed by atoms with E-state index in [9.17, 15) is 0 Å². The summed E-state index contributed by atoms with van der Waals surface area (Å²) in [6, 6.07) is 15.4. The fourth-order valence-electron chi connectivity index (χ4n) is 2.80. The molecule has 1 heterocycles. The van der Waals surface area contributed by atoms with Crippen molar-refractivity contribution in [3.63, 3.8) is 0 Å². The molecule has 19 heavy (non-hydrogen) atoms. The Hall–Kier alpha value is -1.93. The minimum Gasteiger partial charge on any atom is -0.242 e. The Morgan fingerprint density at radius 3 is 2.68 bits per heavy atom. The molecule has 3 aromatic rings. The first kappa shape index (κ1) is 10.9. The fraction of sp³-hybridized carbons (Fsp3) is 0.118. The standard InChI is InChI=1S/C17H13NS/c1-11-18-17(10-19-11)13-6-7-16-14(9-13)8-12-4-2-3-5-15(12)16/h2-7,9-10H,8H2,1H3. The largest absolute Gasteiger partial charge is 0.242 e. The lowest BCUT2D eigenvalue weighted by atomic mass is 10.0. The molecule has 0 spiro atoms. The van der Waals surface area contributed by atoms with Crippen LogP contribution in [0, 0.1) is 6.92 Å². The number of hydrogen-bond acceptors (Lipinski definition) is 2. The van der Waals surface area contributed by atoms with E-state index in [0.717, 1.165) is 17.1 Å². The third kappa shape index (κ3) is 1.71. The molecule has 0 saturated carbocycles. The molecule has 0 atom stereocenters. The molecule has 1 nitrogen and oxygen atoms in total. The second-order valence-electron chi connectivity index (χ2n) is 4.96. The highest BCUT2D eigenvalue weighted by molar-refractivity contribution is 7.09. The van der Waals surface area contributed by atoms with E-state index < -0.39 is 0 Å². The lowest BCUT2D eigenvalue weighted by Crippen LogP contribution is -1.84. The van der Waals surface area contributed by atoms with Gasteiger partial charge in [0.25, 0.3) is 0 Å². The van der Waals surface area contributed by atoms with Crippen LogP contribution in [0.3, 0.4) is 0 Å². The van der Waals surface area contributed by atoms with Gasteiger partial charge in [-0.25, -0.2) is 4.98 Å². The first-order chi connectivity index (χ1) is 9.31. The molecule has 0 fully saturated rings. The maximum absolute atomic E-state index is 4.57. The summed E-state index contributed by atoms with van der Waals surface area (Å²) in [6.07, 6.45) is 1.04. The minimum absolute atomic E-state index is 1.04. The summed E-state index contributed by atoms with van der Waals surface area (Å²) in [5.74, 6) is 0. The molecule has 0 unspecified atom stereocenters. The van der Waals surface area contributed by atoms with Gasteiger partial charge in [0.05, 0.1) is 10.7 Å². The van der Waals surface area contributed by atoms with E-state index in [1.807, 2.05) is 0 Å². The number of aromatic nitrogens is 1. The molecule has 2 heteroatoms. The Morgan fingerprint density at radius 2 is 1.84 bits per heavy atom. The van der Waals surface area contributed by atoms with Gasteiger partial charge in [-0.15, -0.1) is 11.3 Å². The molecule has 0 amide bonds. The van der Waals surface area contributed by atoms with Crippen LogP contribution in [0.2, 0.25) is 0 Å². The molecular weight excluding hydrogens is 250 g/mol. The molecule has 0 N–H and O–H groups in total. The Bertz CT molecular complexity index is 770. The van der Waals surface area contributed by atoms with Crippen molar-refractivity contribution in [1.29, 1.82) is 0 Å². The lowest BCUT2D eigenvalue weighted by Gasteiger charge is -2.03. The van der Waals surface area contributed by atoms with Crippen LogP contribution in [-0.2, 0) is 6.42 Å². The molecule has 1 aromatic heterocycles. The third-order valence-corrected chi connectivity index (χ3v) is 4.48. The Labute approximate surface area is 116 Å². The zero-order chi connectivity index (χ0) is 12.8. The van der Waals surface area contributed by atoms with Crippen LogP contribution >= 0.6 is 11.3 Å². The van der Waals surface area contributed by atoms with Crippen LogP contribution in [0.25, 0.3) is 22.4 Å². The number of aryl methyl sites for hydroxylation is 1. The van der Waals surface area contributed by atoms with Gasteiger partial charge in [0.1, 0.15) is 0 Å². The van der Waals surface area contributed by atoms with E-state index in [1.165, 1.54) is 27.8 Å². The van der Waals surface area contributed by atoms with Gasteiger partial charge in [-0.1, -0.05) is 36.4 Å². The monoisotopic (exact) mass is 263 g/mol. The SMILES string of the molecule is Cc1nc(-c2ccc3c(c2)Cc2ccccc2-3)cs1. The van der Waals surface area contributed by atoms with Gasteiger partial charge in [0.15, 0.2) is 0 Å². The first-order valence-electron chi connectivity index (χ1n) is 6.45. The maximum atomic E-state index is 4.57. The summed E-state index contributed by atoms with van der Waals surface area (Å²) in [4.78, 5) is 4.57. The summed E-state index contributed by atoms with van der Waals surface area (Å²) < 4.78 is 0. The third-order valence-electron chi connectivity index (χ3n) is 3.71. The quantitative estimate of drug-likeness (QED) is 0.485. The number of benzene rings is 2. The average molecular weight is 263 g/mol. The topological polar surface area (TPSA) is 12.9 Å². The van der Waals surface area contributed by atoms with Crippen molar-refractivity contribution in [1.82, 2.24) is 4.98 Å². The number of nitrogens with zero attached hydrogens (tertiary/aromatic N) is 1. The smallest absolute Gasteiger partial charge is 0.0901 e. The van der Waals surface area contributed by atoms with Gasteiger partial charge in [0, 0.05) is 10.9 Å². The van der Waals surface area contributed by atoms with E-state index >= 15 is 0 Å². The molecule has 92 valence electrons. The van der Waals surface area contributed by atoms with Gasteiger partial charge in [-0.05, 0) is 41.7 Å². The van der Waals surface area contributed by atoms with Crippen LogP contribution in [0.15, 0.2) is 47.8 Å². The Morgan fingerprint density at radius 1 is 1.00 bits per heavy atom. The van der Waals surface area contributed by atoms with E-state index in [4.69, 9.17) is 0 Å². The molecular formula is C17H13NS. The van der Waals surface area contributed by atoms with Crippen molar-refractivity contribution in [3.05, 3.63) is 64.0 Å². The molecule has 0 bridgehead atoms. The van der Waals surface area contributed by atoms with Crippen LogP contribution in [0.1, 0.15) is 16.1 Å². The van der Waals surface area contributed by atoms with Crippen LogP contribution in [-0.4, -0.2) is 4.98 Å². The minimum atomic E-state index is 1.04. The zero-order valence-corrected chi connectivity index (χ0v) is 11.5. The van der Waals surface area contributed by atoms with E-state index in [0.29, 0.717) is 0 Å². The lowest BCUT2D eigenvalue weighted by molar-refractivity contribution is 1.25. The predicted molar refractivity (Wildman–Crippen MR) is 80.5 cm³/mol. The van der Waals surface area contributed by atoms with Gasteiger partial charge in [-0.3, -0.25) is 0 Å². The molecule has 1 aliphatic rings. The highest BCUT2D eigenvalue weighted by Crippen LogP contribution is 2.38.